The molecule has 0 amide bonds. The summed E-state index contributed by atoms with van der Waals surface area (Å²) in [5.74, 6) is 1.26. The largest absolute Gasteiger partial charge is 0.493 e. The van der Waals surface area contributed by atoms with E-state index in [0.29, 0.717) is 25.6 Å². The van der Waals surface area contributed by atoms with Crippen LogP contribution in [0.2, 0.25) is 0 Å². The highest BCUT2D eigenvalue weighted by Crippen LogP contribution is 2.33. The van der Waals surface area contributed by atoms with Gasteiger partial charge in [-0.1, -0.05) is 18.2 Å². The van der Waals surface area contributed by atoms with Gasteiger partial charge in [0.05, 0.1) is 6.61 Å². The molecule has 0 fully saturated rings. The van der Waals surface area contributed by atoms with Crippen LogP contribution in [-0.2, 0) is 0 Å². The maximum absolute atomic E-state index is 12.0. The highest BCUT2D eigenvalue weighted by Gasteiger charge is 2.27. The van der Waals surface area contributed by atoms with Crippen LogP contribution < -0.4 is 10.1 Å². The van der Waals surface area contributed by atoms with Gasteiger partial charge in [0, 0.05) is 24.8 Å². The summed E-state index contributed by atoms with van der Waals surface area (Å²) >= 11 is 0.0186. The van der Waals surface area contributed by atoms with Crippen LogP contribution in [0.5, 0.6) is 5.75 Å². The van der Waals surface area contributed by atoms with E-state index in [4.69, 9.17) is 4.74 Å². The number of benzene rings is 1. The Balaban J connectivity index is 1.75. The molecule has 2 nitrogen and oxygen atoms in total. The van der Waals surface area contributed by atoms with E-state index in [9.17, 15) is 13.2 Å². The molecule has 106 valence electrons. The first-order valence-corrected chi connectivity index (χ1v) is 7.18. The molecule has 1 aromatic rings. The summed E-state index contributed by atoms with van der Waals surface area (Å²) < 4.78 is 41.4. The van der Waals surface area contributed by atoms with Gasteiger partial charge < -0.3 is 10.1 Å². The van der Waals surface area contributed by atoms with E-state index in [1.165, 1.54) is 0 Å². The minimum absolute atomic E-state index is 0.0186. The maximum atomic E-state index is 12.0. The van der Waals surface area contributed by atoms with Crippen LogP contribution in [0.1, 0.15) is 17.9 Å². The molecule has 1 heterocycles. The molecule has 0 aliphatic carbocycles. The number of nitrogens with one attached hydrogen (secondary N) is 1. The molecular weight excluding hydrogens is 275 g/mol. The summed E-state index contributed by atoms with van der Waals surface area (Å²) in [5.41, 5.74) is -2.99. The van der Waals surface area contributed by atoms with Gasteiger partial charge in [0.25, 0.3) is 0 Å². The second kappa shape index (κ2) is 6.52. The summed E-state index contributed by atoms with van der Waals surface area (Å²) in [6.45, 7) is 1.73. The van der Waals surface area contributed by atoms with Crippen molar-refractivity contribution in [3.63, 3.8) is 0 Å². The van der Waals surface area contributed by atoms with Gasteiger partial charge in [0.2, 0.25) is 0 Å². The summed E-state index contributed by atoms with van der Waals surface area (Å²) in [7, 11) is 0. The first-order valence-electron chi connectivity index (χ1n) is 6.19. The molecule has 2 rings (SSSR count). The monoisotopic (exact) mass is 291 g/mol. The SMILES string of the molecule is FC(F)(F)SCCNCC1CCOc2ccccc21. The molecule has 1 aliphatic heterocycles. The molecular formula is C13H16F3NOS. The average Bonchev–Trinajstić information content (AvgIpc) is 2.37. The van der Waals surface area contributed by atoms with E-state index in [2.05, 4.69) is 5.32 Å². The molecule has 0 spiro atoms. The van der Waals surface area contributed by atoms with Gasteiger partial charge in [-0.15, -0.1) is 0 Å². The lowest BCUT2D eigenvalue weighted by atomic mass is 9.93. The molecule has 6 heteroatoms. The fourth-order valence-electron chi connectivity index (χ4n) is 2.14. The Labute approximate surface area is 114 Å². The molecule has 1 unspecified atom stereocenters. The normalized spacial score (nSPS) is 18.8. The first-order chi connectivity index (χ1) is 9.06. The van der Waals surface area contributed by atoms with Crippen molar-refractivity contribution in [3.05, 3.63) is 29.8 Å². The molecule has 1 aliphatic rings. The van der Waals surface area contributed by atoms with E-state index in [1.54, 1.807) is 0 Å². The number of fused-ring (bicyclic) bond motifs is 1. The van der Waals surface area contributed by atoms with E-state index >= 15 is 0 Å². The Hall–Kier alpha value is -0.880. The zero-order chi connectivity index (χ0) is 13.7. The van der Waals surface area contributed by atoms with Gasteiger partial charge in [-0.2, -0.15) is 13.2 Å². The number of para-hydroxylation sites is 1. The maximum Gasteiger partial charge on any atom is 0.441 e. The van der Waals surface area contributed by atoms with Crippen molar-refractivity contribution in [3.8, 4) is 5.75 Å². The van der Waals surface area contributed by atoms with Gasteiger partial charge in [-0.05, 0) is 29.8 Å². The Bertz CT molecular complexity index is 411. The second-order valence-corrected chi connectivity index (χ2v) is 5.53. The lowest BCUT2D eigenvalue weighted by Crippen LogP contribution is -2.27. The van der Waals surface area contributed by atoms with Crippen LogP contribution >= 0.6 is 11.8 Å². The van der Waals surface area contributed by atoms with Crippen LogP contribution in [0, 0.1) is 0 Å². The topological polar surface area (TPSA) is 21.3 Å². The highest BCUT2D eigenvalue weighted by molar-refractivity contribution is 8.00. The second-order valence-electron chi connectivity index (χ2n) is 4.37. The van der Waals surface area contributed by atoms with Crippen molar-refractivity contribution in [2.75, 3.05) is 25.4 Å². The quantitative estimate of drug-likeness (QED) is 0.840. The molecule has 1 N–H and O–H groups in total. The smallest absolute Gasteiger partial charge is 0.441 e. The standard InChI is InChI=1S/C13H16F3NOS/c14-13(15,16)19-8-6-17-9-10-5-7-18-12-4-2-1-3-11(10)12/h1-4,10,17H,5-9H2. The zero-order valence-electron chi connectivity index (χ0n) is 10.4. The number of ether oxygens (including phenoxy) is 1. The van der Waals surface area contributed by atoms with Gasteiger partial charge in [-0.25, -0.2) is 0 Å². The van der Waals surface area contributed by atoms with Crippen molar-refractivity contribution < 1.29 is 17.9 Å². The molecule has 0 aromatic heterocycles. The third-order valence-electron chi connectivity index (χ3n) is 3.02. The van der Waals surface area contributed by atoms with Crippen molar-refractivity contribution in [1.82, 2.24) is 5.32 Å². The van der Waals surface area contributed by atoms with Crippen LogP contribution in [0.3, 0.4) is 0 Å². The third kappa shape index (κ3) is 4.62. The lowest BCUT2D eigenvalue weighted by molar-refractivity contribution is -0.0327. The van der Waals surface area contributed by atoms with E-state index < -0.39 is 5.51 Å². The summed E-state index contributed by atoms with van der Waals surface area (Å²) in [6, 6.07) is 7.83. The molecule has 0 bridgehead atoms. The summed E-state index contributed by atoms with van der Waals surface area (Å²) in [5, 5.41) is 3.09. The van der Waals surface area contributed by atoms with E-state index in [1.807, 2.05) is 24.3 Å². The number of rotatable bonds is 5. The van der Waals surface area contributed by atoms with Gasteiger partial charge in [0.15, 0.2) is 0 Å². The van der Waals surface area contributed by atoms with Gasteiger partial charge in [0.1, 0.15) is 5.75 Å². The molecule has 0 radical (unpaired) electrons. The number of alkyl halides is 3. The third-order valence-corrected chi connectivity index (χ3v) is 3.75. The van der Waals surface area contributed by atoms with E-state index in [-0.39, 0.29) is 17.5 Å². The van der Waals surface area contributed by atoms with Crippen molar-refractivity contribution in [1.29, 1.82) is 0 Å². The number of halogens is 3. The lowest BCUT2D eigenvalue weighted by Gasteiger charge is -2.26. The van der Waals surface area contributed by atoms with Crippen molar-refractivity contribution in [2.24, 2.45) is 0 Å². The highest BCUT2D eigenvalue weighted by atomic mass is 32.2. The van der Waals surface area contributed by atoms with Crippen LogP contribution in [0.4, 0.5) is 13.2 Å². The molecule has 1 aromatic carbocycles. The van der Waals surface area contributed by atoms with Gasteiger partial charge in [-0.3, -0.25) is 0 Å². The molecule has 0 saturated carbocycles. The predicted octanol–water partition coefficient (Wildman–Crippen LogP) is 3.40. The zero-order valence-corrected chi connectivity index (χ0v) is 11.2. The number of hydrogen-bond donors (Lipinski definition) is 1. The summed E-state index contributed by atoms with van der Waals surface area (Å²) in [6.07, 6.45) is 0.899. The van der Waals surface area contributed by atoms with Crippen LogP contribution in [-0.4, -0.2) is 31.0 Å². The van der Waals surface area contributed by atoms with Gasteiger partial charge >= 0.3 is 5.51 Å². The van der Waals surface area contributed by atoms with Crippen LogP contribution in [0.15, 0.2) is 24.3 Å². The average molecular weight is 291 g/mol. The first kappa shape index (κ1) is 14.5. The summed E-state index contributed by atoms with van der Waals surface area (Å²) in [4.78, 5) is 0. The fraction of sp³-hybridized carbons (Fsp3) is 0.538. The Morgan fingerprint density at radius 2 is 2.11 bits per heavy atom. The fourth-order valence-corrected chi connectivity index (χ4v) is 2.62. The van der Waals surface area contributed by atoms with Crippen molar-refractivity contribution in [2.45, 2.75) is 17.8 Å². The van der Waals surface area contributed by atoms with E-state index in [0.717, 1.165) is 17.7 Å². The number of thioether (sulfide) groups is 1. The minimum Gasteiger partial charge on any atom is -0.493 e. The molecule has 19 heavy (non-hydrogen) atoms. The van der Waals surface area contributed by atoms with Crippen molar-refractivity contribution >= 4 is 11.8 Å². The predicted molar refractivity (Wildman–Crippen MR) is 70.7 cm³/mol. The van der Waals surface area contributed by atoms with Crippen LogP contribution in [0.25, 0.3) is 0 Å². The Morgan fingerprint density at radius 1 is 1.32 bits per heavy atom. The Morgan fingerprint density at radius 3 is 2.89 bits per heavy atom. The number of hydrogen-bond acceptors (Lipinski definition) is 3. The molecule has 0 saturated heterocycles. The minimum atomic E-state index is -4.13. The molecule has 1 atom stereocenters. The Kier molecular flexibility index (Phi) is 4.99.